The van der Waals surface area contributed by atoms with E-state index in [-0.39, 0.29) is 10.7 Å². The molecule has 0 fully saturated rings. The van der Waals surface area contributed by atoms with Crippen molar-refractivity contribution in [3.05, 3.63) is 45.2 Å². The van der Waals surface area contributed by atoms with Crippen molar-refractivity contribution in [2.45, 2.75) is 33.6 Å². The lowest BCUT2D eigenvalue weighted by molar-refractivity contribution is 0.949. The summed E-state index contributed by atoms with van der Waals surface area (Å²) in [5.41, 5.74) is 12.6. The molecule has 1 heterocycles. The van der Waals surface area contributed by atoms with Gasteiger partial charge in [-0.15, -0.1) is 0 Å². The van der Waals surface area contributed by atoms with Crippen LogP contribution in [0.15, 0.2) is 28.1 Å². The van der Waals surface area contributed by atoms with E-state index in [1.165, 1.54) is 5.56 Å². The van der Waals surface area contributed by atoms with Gasteiger partial charge in [0.1, 0.15) is 0 Å². The first kappa shape index (κ1) is 16.2. The van der Waals surface area contributed by atoms with E-state index >= 15 is 0 Å². The molecule has 0 saturated heterocycles. The normalized spacial score (nSPS) is 11.7. The number of thiocarbonyl (C=S) groups is 1. The highest BCUT2D eigenvalue weighted by Crippen LogP contribution is 2.19. The molecule has 0 aliphatic rings. The van der Waals surface area contributed by atoms with Crippen LogP contribution in [0.2, 0.25) is 0 Å². The summed E-state index contributed by atoms with van der Waals surface area (Å²) in [5, 5.41) is 5.28. The fourth-order valence-corrected chi connectivity index (χ4v) is 2.47. The Morgan fingerprint density at radius 2 is 2.14 bits per heavy atom. The van der Waals surface area contributed by atoms with Crippen LogP contribution in [0, 0.1) is 13.8 Å². The average molecular weight is 316 g/mol. The molecule has 0 unspecified atom stereocenters. The quantitative estimate of drug-likeness (QED) is 0.459. The monoisotopic (exact) mass is 316 g/mol. The van der Waals surface area contributed by atoms with E-state index in [0.29, 0.717) is 12.8 Å². The molecule has 22 heavy (non-hydrogen) atoms. The highest BCUT2D eigenvalue weighted by atomic mass is 32.1. The number of rotatable bonds is 4. The van der Waals surface area contributed by atoms with Crippen LogP contribution >= 0.6 is 12.2 Å². The van der Waals surface area contributed by atoms with Crippen molar-refractivity contribution >= 4 is 33.9 Å². The second-order valence-electron chi connectivity index (χ2n) is 5.43. The maximum Gasteiger partial charge on any atom is 0.251 e. The minimum Gasteiger partial charge on any atom is -0.375 e. The number of H-pyrrole nitrogens is 1. The van der Waals surface area contributed by atoms with E-state index in [0.717, 1.165) is 27.7 Å². The van der Waals surface area contributed by atoms with Gasteiger partial charge in [0.05, 0.1) is 0 Å². The summed E-state index contributed by atoms with van der Waals surface area (Å²) in [5.74, 6) is 0. The van der Waals surface area contributed by atoms with Crippen molar-refractivity contribution < 1.29 is 0 Å². The van der Waals surface area contributed by atoms with Gasteiger partial charge < -0.3 is 10.7 Å². The summed E-state index contributed by atoms with van der Waals surface area (Å²) >= 11 is 4.70. The minimum atomic E-state index is -0.0380. The Bertz CT molecular complexity index is 808. The van der Waals surface area contributed by atoms with Crippen molar-refractivity contribution in [3.8, 4) is 0 Å². The third kappa shape index (κ3) is 3.71. The van der Waals surface area contributed by atoms with Crippen molar-refractivity contribution in [1.29, 1.82) is 0 Å². The smallest absolute Gasteiger partial charge is 0.251 e. The summed E-state index contributed by atoms with van der Waals surface area (Å²) < 4.78 is 0. The maximum absolute atomic E-state index is 12.3. The number of benzene rings is 1. The van der Waals surface area contributed by atoms with Crippen LogP contribution in [-0.2, 0) is 6.42 Å². The number of aryl methyl sites for hydroxylation is 2. The predicted octanol–water partition coefficient (Wildman–Crippen LogP) is 2.29. The number of pyridine rings is 1. The molecular weight excluding hydrogens is 296 g/mol. The molecule has 0 spiro atoms. The second kappa shape index (κ2) is 6.70. The summed E-state index contributed by atoms with van der Waals surface area (Å²) in [6, 6.07) is 6.04. The van der Waals surface area contributed by atoms with Gasteiger partial charge in [-0.1, -0.05) is 11.6 Å². The predicted molar refractivity (Wildman–Crippen MR) is 95.4 cm³/mol. The Hall–Kier alpha value is -2.21. The Morgan fingerprint density at radius 3 is 2.82 bits per heavy atom. The number of hydrogen-bond donors (Lipinski definition) is 3. The number of nitrogens with zero attached hydrogens (tertiary/aromatic N) is 1. The number of nitrogens with one attached hydrogen (secondary N) is 2. The number of fused-ring (bicyclic) bond motifs is 1. The first-order valence-electron chi connectivity index (χ1n) is 7.09. The fourth-order valence-electron chi connectivity index (χ4n) is 2.42. The van der Waals surface area contributed by atoms with Crippen LogP contribution in [0.5, 0.6) is 0 Å². The number of aromatic nitrogens is 1. The molecule has 0 atom stereocenters. The second-order valence-corrected chi connectivity index (χ2v) is 5.87. The molecule has 116 valence electrons. The SMILES string of the molecule is CC(CCc1c(C)c2cc(C)ccc2[nH]c1=O)=NNC(N)=S. The van der Waals surface area contributed by atoms with E-state index < -0.39 is 0 Å². The van der Waals surface area contributed by atoms with Crippen LogP contribution in [0.1, 0.15) is 30.0 Å². The molecular formula is C16H20N4OS. The molecule has 6 heteroatoms. The van der Waals surface area contributed by atoms with Gasteiger partial charge in [-0.05, 0) is 63.5 Å². The topological polar surface area (TPSA) is 83.3 Å². The van der Waals surface area contributed by atoms with E-state index in [4.69, 9.17) is 18.0 Å². The van der Waals surface area contributed by atoms with Gasteiger partial charge in [0.25, 0.3) is 5.56 Å². The first-order chi connectivity index (χ1) is 10.4. The molecule has 4 N–H and O–H groups in total. The molecule has 0 amide bonds. The molecule has 0 aliphatic heterocycles. The first-order valence-corrected chi connectivity index (χ1v) is 7.50. The van der Waals surface area contributed by atoms with Crippen molar-refractivity contribution in [3.63, 3.8) is 0 Å². The third-order valence-corrected chi connectivity index (χ3v) is 3.74. The van der Waals surface area contributed by atoms with Crippen LogP contribution in [0.4, 0.5) is 0 Å². The zero-order valence-corrected chi connectivity index (χ0v) is 13.8. The Balaban J connectivity index is 2.30. The van der Waals surface area contributed by atoms with Crippen molar-refractivity contribution in [1.82, 2.24) is 10.4 Å². The molecule has 0 saturated carbocycles. The summed E-state index contributed by atoms with van der Waals surface area (Å²) in [6.07, 6.45) is 1.29. The minimum absolute atomic E-state index is 0.0380. The summed E-state index contributed by atoms with van der Waals surface area (Å²) in [6.45, 7) is 5.91. The molecule has 1 aromatic heterocycles. The highest BCUT2D eigenvalue weighted by molar-refractivity contribution is 7.80. The molecule has 5 nitrogen and oxygen atoms in total. The van der Waals surface area contributed by atoms with Crippen molar-refractivity contribution in [2.24, 2.45) is 10.8 Å². The molecule has 0 aliphatic carbocycles. The Kier molecular flexibility index (Phi) is 4.92. The van der Waals surface area contributed by atoms with Crippen LogP contribution in [0.3, 0.4) is 0 Å². The summed E-state index contributed by atoms with van der Waals surface area (Å²) in [4.78, 5) is 15.2. The lowest BCUT2D eigenvalue weighted by Crippen LogP contribution is -2.25. The van der Waals surface area contributed by atoms with Gasteiger partial charge in [-0.25, -0.2) is 0 Å². The van der Waals surface area contributed by atoms with Gasteiger partial charge in [-0.3, -0.25) is 10.2 Å². The Labute approximate surface area is 134 Å². The van der Waals surface area contributed by atoms with Gasteiger partial charge in [0.15, 0.2) is 5.11 Å². The van der Waals surface area contributed by atoms with Crippen LogP contribution in [-0.4, -0.2) is 15.8 Å². The molecule has 1 aromatic carbocycles. The van der Waals surface area contributed by atoms with Gasteiger partial charge in [0.2, 0.25) is 0 Å². The Morgan fingerprint density at radius 1 is 1.41 bits per heavy atom. The molecule has 0 bridgehead atoms. The van der Waals surface area contributed by atoms with Crippen LogP contribution in [0.25, 0.3) is 10.9 Å². The number of hydrazone groups is 1. The zero-order chi connectivity index (χ0) is 16.3. The van der Waals surface area contributed by atoms with Gasteiger partial charge in [-0.2, -0.15) is 5.10 Å². The lowest BCUT2D eigenvalue weighted by Gasteiger charge is -2.09. The number of nitrogens with two attached hydrogens (primary N) is 1. The third-order valence-electron chi connectivity index (χ3n) is 3.65. The molecule has 2 aromatic rings. The molecule has 0 radical (unpaired) electrons. The van der Waals surface area contributed by atoms with Crippen LogP contribution < -0.4 is 16.7 Å². The standard InChI is InChI=1S/C16H20N4OS/c1-9-4-7-14-13(8-9)11(3)12(15(21)18-14)6-5-10(2)19-20-16(17)22/h4,7-8H,5-6H2,1-3H3,(H,18,21)(H3,17,20,22). The van der Waals surface area contributed by atoms with E-state index in [1.54, 1.807) is 0 Å². The maximum atomic E-state index is 12.3. The summed E-state index contributed by atoms with van der Waals surface area (Å²) in [7, 11) is 0. The average Bonchev–Trinajstić information content (AvgIpc) is 2.46. The van der Waals surface area contributed by atoms with Gasteiger partial charge >= 0.3 is 0 Å². The number of aromatic amines is 1. The lowest BCUT2D eigenvalue weighted by atomic mass is 9.99. The highest BCUT2D eigenvalue weighted by Gasteiger charge is 2.09. The van der Waals surface area contributed by atoms with Gasteiger partial charge in [0, 0.05) is 22.2 Å². The fraction of sp³-hybridized carbons (Fsp3) is 0.312. The zero-order valence-electron chi connectivity index (χ0n) is 13.0. The molecule has 2 rings (SSSR count). The van der Waals surface area contributed by atoms with E-state index in [1.807, 2.05) is 32.9 Å². The van der Waals surface area contributed by atoms with E-state index in [9.17, 15) is 4.79 Å². The number of hydrogen-bond acceptors (Lipinski definition) is 3. The van der Waals surface area contributed by atoms with E-state index in [2.05, 4.69) is 21.6 Å². The largest absolute Gasteiger partial charge is 0.375 e. The van der Waals surface area contributed by atoms with Crippen molar-refractivity contribution in [2.75, 3.05) is 0 Å².